The van der Waals surface area contributed by atoms with Crippen molar-refractivity contribution in [3.8, 4) is 0 Å². The van der Waals surface area contributed by atoms with Crippen LogP contribution in [0.4, 0.5) is 0 Å². The van der Waals surface area contributed by atoms with Gasteiger partial charge in [0.1, 0.15) is 19.3 Å². The number of aliphatic hydroxyl groups is 1. The summed E-state index contributed by atoms with van der Waals surface area (Å²) in [4.78, 5) is 72.6. The Hall–Kier alpha value is -1.94. The number of ether oxygens (including phenoxy) is 4. The van der Waals surface area contributed by atoms with Gasteiger partial charge in [-0.3, -0.25) is 37.3 Å². The number of rotatable bonds is 69. The smallest absolute Gasteiger partial charge is 0.462 e. The topological polar surface area (TPSA) is 237 Å². The van der Waals surface area contributed by atoms with E-state index in [1.54, 1.807) is 0 Å². The Labute approximate surface area is 556 Å². The van der Waals surface area contributed by atoms with Gasteiger partial charge in [0.2, 0.25) is 0 Å². The second-order valence-electron chi connectivity index (χ2n) is 27.6. The van der Waals surface area contributed by atoms with E-state index in [0.717, 1.165) is 114 Å². The molecule has 0 fully saturated rings. The van der Waals surface area contributed by atoms with Crippen LogP contribution < -0.4 is 0 Å². The Morgan fingerprint density at radius 2 is 0.527 bits per heavy atom. The highest BCUT2D eigenvalue weighted by Crippen LogP contribution is 2.45. The second-order valence-corrected chi connectivity index (χ2v) is 30.6. The average molecular weight is 1340 g/mol. The molecule has 0 spiro atoms. The van der Waals surface area contributed by atoms with E-state index in [4.69, 9.17) is 37.0 Å². The lowest BCUT2D eigenvalue weighted by molar-refractivity contribution is -0.161. The van der Waals surface area contributed by atoms with Gasteiger partial charge in [0, 0.05) is 25.7 Å². The molecule has 0 bridgehead atoms. The van der Waals surface area contributed by atoms with Gasteiger partial charge in [0.25, 0.3) is 0 Å². The quantitative estimate of drug-likeness (QED) is 0.0222. The first kappa shape index (κ1) is 89.1. The van der Waals surface area contributed by atoms with Crippen LogP contribution in [0.5, 0.6) is 0 Å². The lowest BCUT2D eigenvalue weighted by Crippen LogP contribution is -2.30. The molecule has 0 aliphatic rings. The number of aliphatic hydroxyl groups excluding tert-OH is 1. The zero-order valence-electron chi connectivity index (χ0n) is 59.5. The van der Waals surface area contributed by atoms with E-state index in [-0.39, 0.29) is 25.7 Å². The van der Waals surface area contributed by atoms with Crippen LogP contribution >= 0.6 is 15.6 Å². The van der Waals surface area contributed by atoms with Crippen LogP contribution in [0.1, 0.15) is 357 Å². The molecule has 3 N–H and O–H groups in total. The number of hydrogen-bond donors (Lipinski definition) is 3. The molecule has 540 valence electrons. The Morgan fingerprint density at radius 3 is 0.780 bits per heavy atom. The summed E-state index contributed by atoms with van der Waals surface area (Å²) >= 11 is 0. The van der Waals surface area contributed by atoms with Gasteiger partial charge in [-0.05, 0) is 49.4 Å². The molecular weight excluding hydrogens is 1200 g/mol. The molecule has 17 nitrogen and oxygen atoms in total. The first-order valence-electron chi connectivity index (χ1n) is 37.2. The average Bonchev–Trinajstić information content (AvgIpc) is 2.54. The lowest BCUT2D eigenvalue weighted by atomic mass is 9.99. The van der Waals surface area contributed by atoms with E-state index in [2.05, 4.69) is 55.4 Å². The Morgan fingerprint density at radius 1 is 0.308 bits per heavy atom. The molecule has 0 rings (SSSR count). The van der Waals surface area contributed by atoms with Crippen molar-refractivity contribution in [1.29, 1.82) is 0 Å². The van der Waals surface area contributed by atoms with E-state index < -0.39 is 97.5 Å². The van der Waals surface area contributed by atoms with Crippen LogP contribution in [0.3, 0.4) is 0 Å². The number of phosphoric ester groups is 2. The molecule has 3 unspecified atom stereocenters. The standard InChI is InChI=1S/C72H140O17P2/c1-9-65(8)51-43-35-26-19-16-17-21-28-38-46-54-71(76)88-67(58-82-69(74)52-44-36-27-20-15-13-11-10-12-14-18-24-32-40-48-62(2)3)60-86-90(78,79)84-56-66(73)57-85-91(80,81)87-61-68(59-83-70(75)53-45-37-31-30-34-42-50-64(6)7)89-72(77)55-47-39-29-23-22-25-33-41-49-63(4)5/h62-68,73H,9-61H2,1-8H3,(H,78,79)(H,80,81)/t65?,66-,67-,68-/m1/s1. The minimum atomic E-state index is -4.95. The fraction of sp³-hybridized carbons (Fsp3) is 0.944. The molecule has 0 saturated carbocycles. The van der Waals surface area contributed by atoms with Crippen molar-refractivity contribution in [1.82, 2.24) is 0 Å². The Kier molecular flexibility index (Phi) is 60.3. The highest BCUT2D eigenvalue weighted by Gasteiger charge is 2.30. The predicted octanol–water partition coefficient (Wildman–Crippen LogP) is 20.5. The van der Waals surface area contributed by atoms with Gasteiger partial charge in [-0.15, -0.1) is 0 Å². The number of hydrogen-bond acceptors (Lipinski definition) is 15. The van der Waals surface area contributed by atoms with Gasteiger partial charge in [0.05, 0.1) is 26.4 Å². The van der Waals surface area contributed by atoms with Gasteiger partial charge >= 0.3 is 39.5 Å². The van der Waals surface area contributed by atoms with E-state index in [1.807, 2.05) is 0 Å². The first-order valence-corrected chi connectivity index (χ1v) is 40.2. The summed E-state index contributed by atoms with van der Waals surface area (Å²) in [5.74, 6) is 0.870. The van der Waals surface area contributed by atoms with Crippen molar-refractivity contribution in [2.45, 2.75) is 375 Å². The van der Waals surface area contributed by atoms with Crippen LogP contribution in [-0.2, 0) is 65.4 Å². The Balaban J connectivity index is 5.23. The van der Waals surface area contributed by atoms with Gasteiger partial charge in [-0.2, -0.15) is 0 Å². The summed E-state index contributed by atoms with van der Waals surface area (Å²) in [7, 11) is -9.90. The molecule has 0 aromatic carbocycles. The minimum Gasteiger partial charge on any atom is -0.462 e. The number of carbonyl (C=O) groups is 4. The minimum absolute atomic E-state index is 0.103. The number of esters is 4. The molecule has 91 heavy (non-hydrogen) atoms. The maximum Gasteiger partial charge on any atom is 0.472 e. The zero-order valence-corrected chi connectivity index (χ0v) is 61.3. The summed E-state index contributed by atoms with van der Waals surface area (Å²) in [6, 6.07) is 0. The molecule has 0 aliphatic heterocycles. The normalized spacial score (nSPS) is 14.5. The van der Waals surface area contributed by atoms with Crippen molar-refractivity contribution < 1.29 is 80.2 Å². The van der Waals surface area contributed by atoms with E-state index in [1.165, 1.54) is 154 Å². The van der Waals surface area contributed by atoms with E-state index in [9.17, 15) is 43.2 Å². The maximum atomic E-state index is 13.0. The SMILES string of the molecule is CCC(C)CCCCCCCCCCCCC(=O)O[C@H](COC(=O)CCCCCCCCCCCCCCCCC(C)C)COP(=O)(O)OC[C@@H](O)COP(=O)(O)OC[C@@H](COC(=O)CCCCCCCCC(C)C)OC(=O)CCCCCCCCCCC(C)C. The molecule has 0 aromatic heterocycles. The number of carbonyl (C=O) groups excluding carboxylic acids is 4. The van der Waals surface area contributed by atoms with Crippen LogP contribution in [0.25, 0.3) is 0 Å². The monoisotopic (exact) mass is 1340 g/mol. The van der Waals surface area contributed by atoms with E-state index in [0.29, 0.717) is 31.6 Å². The third-order valence-electron chi connectivity index (χ3n) is 16.9. The Bertz CT molecular complexity index is 1800. The highest BCUT2D eigenvalue weighted by atomic mass is 31.2. The molecule has 6 atom stereocenters. The van der Waals surface area contributed by atoms with Gasteiger partial charge in [-0.25, -0.2) is 9.13 Å². The fourth-order valence-electron chi connectivity index (χ4n) is 10.8. The van der Waals surface area contributed by atoms with Gasteiger partial charge in [0.15, 0.2) is 12.2 Å². The largest absolute Gasteiger partial charge is 0.472 e. The zero-order chi connectivity index (χ0) is 67.5. The van der Waals surface area contributed by atoms with Gasteiger partial charge < -0.3 is 33.8 Å². The van der Waals surface area contributed by atoms with Crippen LogP contribution in [-0.4, -0.2) is 96.7 Å². The summed E-state index contributed by atoms with van der Waals surface area (Å²) in [5.41, 5.74) is 0. The van der Waals surface area contributed by atoms with Crippen LogP contribution in [0.15, 0.2) is 0 Å². The summed E-state index contributed by atoms with van der Waals surface area (Å²) in [6.07, 6.45) is 44.6. The molecule has 0 aromatic rings. The molecular formula is C72H140O17P2. The van der Waals surface area contributed by atoms with E-state index >= 15 is 0 Å². The first-order chi connectivity index (χ1) is 43.6. The molecule has 0 radical (unpaired) electrons. The molecule has 0 amide bonds. The number of phosphoric acid groups is 2. The summed E-state index contributed by atoms with van der Waals surface area (Å²) < 4.78 is 68.3. The molecule has 0 saturated heterocycles. The van der Waals surface area contributed by atoms with Gasteiger partial charge in [-0.1, -0.05) is 306 Å². The third-order valence-corrected chi connectivity index (χ3v) is 18.8. The van der Waals surface area contributed by atoms with Crippen molar-refractivity contribution in [3.63, 3.8) is 0 Å². The summed E-state index contributed by atoms with van der Waals surface area (Å²) in [5, 5.41) is 10.6. The molecule has 0 heterocycles. The van der Waals surface area contributed by atoms with Crippen molar-refractivity contribution in [2.75, 3.05) is 39.6 Å². The summed E-state index contributed by atoms with van der Waals surface area (Å²) in [6.45, 7) is 14.1. The van der Waals surface area contributed by atoms with Crippen molar-refractivity contribution in [2.24, 2.45) is 23.7 Å². The van der Waals surface area contributed by atoms with Crippen molar-refractivity contribution >= 4 is 39.5 Å². The van der Waals surface area contributed by atoms with Crippen LogP contribution in [0, 0.1) is 23.7 Å². The molecule has 19 heteroatoms. The fourth-order valence-corrected chi connectivity index (χ4v) is 12.4. The third kappa shape index (κ3) is 65.1. The maximum absolute atomic E-state index is 13.0. The van der Waals surface area contributed by atoms with Crippen LogP contribution in [0.2, 0.25) is 0 Å². The second kappa shape index (κ2) is 61.6. The predicted molar refractivity (Wildman–Crippen MR) is 367 cm³/mol. The lowest BCUT2D eigenvalue weighted by Gasteiger charge is -2.21. The number of unbranched alkanes of at least 4 members (excludes halogenated alkanes) is 34. The molecule has 0 aliphatic carbocycles. The van der Waals surface area contributed by atoms with Crippen molar-refractivity contribution in [3.05, 3.63) is 0 Å². The highest BCUT2D eigenvalue weighted by molar-refractivity contribution is 7.47.